The Hall–Kier alpha value is -0.490. The second kappa shape index (κ2) is 5.95. The molecule has 0 saturated heterocycles. The molecule has 3 aliphatic rings. The first-order valence-electron chi connectivity index (χ1n) is 9.07. The fraction of sp³-hybridized carbons (Fsp3) is 0.700. The van der Waals surface area contributed by atoms with Gasteiger partial charge in [0.05, 0.1) is 5.38 Å². The summed E-state index contributed by atoms with van der Waals surface area (Å²) in [6.45, 7) is 0. The lowest BCUT2D eigenvalue weighted by atomic mass is 9.66. The van der Waals surface area contributed by atoms with Crippen LogP contribution < -0.4 is 0 Å². The Morgan fingerprint density at radius 1 is 0.857 bits per heavy atom. The molecule has 0 radical (unpaired) electrons. The Balaban J connectivity index is 1.48. The van der Waals surface area contributed by atoms with Crippen molar-refractivity contribution in [1.82, 2.24) is 0 Å². The molecule has 4 unspecified atom stereocenters. The van der Waals surface area contributed by atoms with Crippen molar-refractivity contribution < 1.29 is 0 Å². The molecule has 2 saturated carbocycles. The van der Waals surface area contributed by atoms with E-state index in [0.717, 1.165) is 11.8 Å². The van der Waals surface area contributed by atoms with E-state index in [1.54, 1.807) is 11.1 Å². The number of hydrogen-bond donors (Lipinski definition) is 0. The van der Waals surface area contributed by atoms with Gasteiger partial charge in [0.1, 0.15) is 0 Å². The highest BCUT2D eigenvalue weighted by Gasteiger charge is 2.35. The van der Waals surface area contributed by atoms with Gasteiger partial charge in [0, 0.05) is 0 Å². The van der Waals surface area contributed by atoms with Crippen LogP contribution in [0.3, 0.4) is 0 Å². The zero-order valence-corrected chi connectivity index (χ0v) is 13.7. The van der Waals surface area contributed by atoms with Gasteiger partial charge in [0.25, 0.3) is 0 Å². The van der Waals surface area contributed by atoms with Crippen LogP contribution >= 0.6 is 11.6 Å². The number of hydrogen-bond acceptors (Lipinski definition) is 0. The molecule has 0 bridgehead atoms. The molecule has 4 rings (SSSR count). The maximum Gasteiger partial charge on any atom is 0.0613 e. The summed E-state index contributed by atoms with van der Waals surface area (Å²) in [7, 11) is 0. The summed E-state index contributed by atoms with van der Waals surface area (Å²) < 4.78 is 0. The standard InChI is InChI=1S/C20H27Cl/c21-20(19-11-9-15-6-3-7-17(15)13-19)18-10-8-14-4-1-2-5-16(14)12-18/h9,11,13-14,16,18,20H,1-8,10,12H2. The molecular formula is C20H27Cl. The lowest BCUT2D eigenvalue weighted by Gasteiger charge is -2.40. The third-order valence-corrected chi connectivity index (χ3v) is 7.04. The van der Waals surface area contributed by atoms with Gasteiger partial charge in [-0.15, -0.1) is 11.6 Å². The van der Waals surface area contributed by atoms with E-state index in [1.165, 1.54) is 69.8 Å². The summed E-state index contributed by atoms with van der Waals surface area (Å²) in [4.78, 5) is 0. The van der Waals surface area contributed by atoms with Crippen molar-refractivity contribution in [2.75, 3.05) is 0 Å². The van der Waals surface area contributed by atoms with Crippen LogP contribution in [0, 0.1) is 17.8 Å². The van der Waals surface area contributed by atoms with Crippen molar-refractivity contribution in [1.29, 1.82) is 0 Å². The molecule has 2 fully saturated rings. The van der Waals surface area contributed by atoms with Crippen molar-refractivity contribution in [3.63, 3.8) is 0 Å². The monoisotopic (exact) mass is 302 g/mol. The Labute approximate surface area is 134 Å². The zero-order chi connectivity index (χ0) is 14.2. The number of halogens is 1. The minimum Gasteiger partial charge on any atom is -0.118 e. The lowest BCUT2D eigenvalue weighted by Crippen LogP contribution is -2.29. The smallest absolute Gasteiger partial charge is 0.0613 e. The van der Waals surface area contributed by atoms with E-state index in [4.69, 9.17) is 11.6 Å². The number of rotatable bonds is 2. The first-order chi connectivity index (χ1) is 10.3. The number of fused-ring (bicyclic) bond motifs is 2. The lowest BCUT2D eigenvalue weighted by molar-refractivity contribution is 0.127. The van der Waals surface area contributed by atoms with Crippen LogP contribution in [-0.2, 0) is 12.8 Å². The molecular weight excluding hydrogens is 276 g/mol. The van der Waals surface area contributed by atoms with Crippen LogP contribution in [0.25, 0.3) is 0 Å². The summed E-state index contributed by atoms with van der Waals surface area (Å²) in [6.07, 6.45) is 13.9. The summed E-state index contributed by atoms with van der Waals surface area (Å²) in [5, 5.41) is 0.249. The SMILES string of the molecule is ClC(c1ccc2c(c1)CCC2)C1CCC2CCCCC2C1. The maximum absolute atomic E-state index is 6.92. The molecule has 0 aliphatic heterocycles. The minimum atomic E-state index is 0.249. The van der Waals surface area contributed by atoms with Crippen molar-refractivity contribution >= 4 is 11.6 Å². The van der Waals surface area contributed by atoms with Gasteiger partial charge in [-0.25, -0.2) is 0 Å². The predicted molar refractivity (Wildman–Crippen MR) is 89.9 cm³/mol. The average Bonchev–Trinajstić information content (AvgIpc) is 3.01. The van der Waals surface area contributed by atoms with Gasteiger partial charge < -0.3 is 0 Å². The second-order valence-corrected chi connectivity index (χ2v) is 8.13. The molecule has 0 spiro atoms. The molecule has 0 nitrogen and oxygen atoms in total. The number of benzene rings is 1. The van der Waals surface area contributed by atoms with E-state index in [9.17, 15) is 0 Å². The highest BCUT2D eigenvalue weighted by Crippen LogP contribution is 2.48. The Morgan fingerprint density at radius 3 is 2.57 bits per heavy atom. The summed E-state index contributed by atoms with van der Waals surface area (Å²) >= 11 is 6.92. The second-order valence-electron chi connectivity index (χ2n) is 7.66. The van der Waals surface area contributed by atoms with Crippen LogP contribution in [0.4, 0.5) is 0 Å². The molecule has 3 aliphatic carbocycles. The molecule has 114 valence electrons. The first-order valence-corrected chi connectivity index (χ1v) is 9.50. The van der Waals surface area contributed by atoms with Gasteiger partial charge in [0.2, 0.25) is 0 Å². The van der Waals surface area contributed by atoms with Gasteiger partial charge in [-0.1, -0.05) is 43.9 Å². The number of aryl methyl sites for hydroxylation is 2. The third kappa shape index (κ3) is 2.77. The first kappa shape index (κ1) is 14.1. The van der Waals surface area contributed by atoms with Gasteiger partial charge in [-0.3, -0.25) is 0 Å². The van der Waals surface area contributed by atoms with Gasteiger partial charge >= 0.3 is 0 Å². The predicted octanol–water partition coefficient (Wildman–Crippen LogP) is 6.06. The van der Waals surface area contributed by atoms with Crippen LogP contribution in [0.15, 0.2) is 18.2 Å². The van der Waals surface area contributed by atoms with Crippen molar-refractivity contribution in [3.8, 4) is 0 Å². The fourth-order valence-electron chi connectivity index (χ4n) is 5.21. The number of alkyl halides is 1. The summed E-state index contributed by atoms with van der Waals surface area (Å²) in [5.41, 5.74) is 4.54. The summed E-state index contributed by atoms with van der Waals surface area (Å²) in [6, 6.07) is 7.08. The normalized spacial score (nSPS) is 33.3. The molecule has 0 amide bonds. The van der Waals surface area contributed by atoms with E-state index in [1.807, 2.05) is 0 Å². The molecule has 1 heteroatoms. The minimum absolute atomic E-state index is 0.249. The third-order valence-electron chi connectivity index (χ3n) is 6.44. The van der Waals surface area contributed by atoms with E-state index in [2.05, 4.69) is 18.2 Å². The van der Waals surface area contributed by atoms with Crippen molar-refractivity contribution in [2.24, 2.45) is 17.8 Å². The van der Waals surface area contributed by atoms with Gasteiger partial charge in [-0.2, -0.15) is 0 Å². The fourth-order valence-corrected chi connectivity index (χ4v) is 5.58. The van der Waals surface area contributed by atoms with Gasteiger partial charge in [0.15, 0.2) is 0 Å². The molecule has 0 aromatic heterocycles. The topological polar surface area (TPSA) is 0 Å². The Bertz CT molecular complexity index is 507. The van der Waals surface area contributed by atoms with Crippen LogP contribution in [0.2, 0.25) is 0 Å². The van der Waals surface area contributed by atoms with E-state index in [0.29, 0.717) is 5.92 Å². The van der Waals surface area contributed by atoms with Crippen LogP contribution in [0.5, 0.6) is 0 Å². The van der Waals surface area contributed by atoms with E-state index >= 15 is 0 Å². The average molecular weight is 303 g/mol. The summed E-state index contributed by atoms with van der Waals surface area (Å²) in [5.74, 6) is 2.72. The van der Waals surface area contributed by atoms with Crippen LogP contribution in [-0.4, -0.2) is 0 Å². The van der Waals surface area contributed by atoms with Gasteiger partial charge in [-0.05, 0) is 73.0 Å². The van der Waals surface area contributed by atoms with Crippen LogP contribution in [0.1, 0.15) is 73.4 Å². The molecule has 1 aromatic rings. The maximum atomic E-state index is 6.92. The van der Waals surface area contributed by atoms with Crippen molar-refractivity contribution in [3.05, 3.63) is 34.9 Å². The molecule has 0 heterocycles. The Kier molecular flexibility index (Phi) is 4.00. The van der Waals surface area contributed by atoms with Crippen molar-refractivity contribution in [2.45, 2.75) is 69.6 Å². The molecule has 0 N–H and O–H groups in total. The van der Waals surface area contributed by atoms with E-state index < -0.39 is 0 Å². The highest BCUT2D eigenvalue weighted by atomic mass is 35.5. The quantitative estimate of drug-likeness (QED) is 0.582. The zero-order valence-electron chi connectivity index (χ0n) is 13.0. The molecule has 1 aromatic carbocycles. The molecule has 4 atom stereocenters. The molecule has 21 heavy (non-hydrogen) atoms. The highest BCUT2D eigenvalue weighted by molar-refractivity contribution is 6.21. The Morgan fingerprint density at radius 2 is 1.67 bits per heavy atom. The van der Waals surface area contributed by atoms with E-state index in [-0.39, 0.29) is 5.38 Å². The largest absolute Gasteiger partial charge is 0.118 e.